The van der Waals surface area contributed by atoms with E-state index in [1.54, 1.807) is 19.1 Å². The summed E-state index contributed by atoms with van der Waals surface area (Å²) < 4.78 is 0. The van der Waals surface area contributed by atoms with Gasteiger partial charge in [-0.3, -0.25) is 4.98 Å². The first-order chi connectivity index (χ1) is 6.00. The van der Waals surface area contributed by atoms with Crippen molar-refractivity contribution in [2.45, 2.75) is 26.7 Å². The minimum Gasteiger partial charge on any atom is -0.478 e. The molecule has 0 bridgehead atoms. The van der Waals surface area contributed by atoms with Crippen LogP contribution in [0.25, 0.3) is 0 Å². The maximum absolute atomic E-state index is 10.7. The molecule has 0 aromatic carbocycles. The molecule has 0 fully saturated rings. The standard InChI is InChI=1S/C10H13NO2/c1-6(2)9-5-8(10(12)13)4-7(3)11-9/h4-6H,1-3H3,(H,12,13). The van der Waals surface area contributed by atoms with E-state index >= 15 is 0 Å². The molecule has 1 heterocycles. The molecule has 0 radical (unpaired) electrons. The molecule has 1 N–H and O–H groups in total. The lowest BCUT2D eigenvalue weighted by atomic mass is 10.1. The number of carbonyl (C=O) groups is 1. The van der Waals surface area contributed by atoms with E-state index in [0.29, 0.717) is 5.56 Å². The van der Waals surface area contributed by atoms with E-state index in [9.17, 15) is 4.79 Å². The third-order valence-corrected chi connectivity index (χ3v) is 1.81. The highest BCUT2D eigenvalue weighted by molar-refractivity contribution is 5.87. The highest BCUT2D eigenvalue weighted by Crippen LogP contribution is 2.14. The Bertz CT molecular complexity index is 332. The maximum Gasteiger partial charge on any atom is 0.335 e. The van der Waals surface area contributed by atoms with Crippen LogP contribution in [0.3, 0.4) is 0 Å². The molecule has 0 saturated heterocycles. The molecular weight excluding hydrogens is 166 g/mol. The first kappa shape index (κ1) is 9.71. The number of carboxylic acids is 1. The van der Waals surface area contributed by atoms with Crippen LogP contribution in [0.15, 0.2) is 12.1 Å². The van der Waals surface area contributed by atoms with Crippen LogP contribution in [0.5, 0.6) is 0 Å². The van der Waals surface area contributed by atoms with Crippen LogP contribution in [0, 0.1) is 6.92 Å². The van der Waals surface area contributed by atoms with E-state index in [4.69, 9.17) is 5.11 Å². The molecule has 0 aliphatic heterocycles. The monoisotopic (exact) mass is 179 g/mol. The minimum absolute atomic E-state index is 0.262. The van der Waals surface area contributed by atoms with Crippen molar-refractivity contribution in [1.29, 1.82) is 0 Å². The molecular formula is C10H13NO2. The van der Waals surface area contributed by atoms with Crippen LogP contribution < -0.4 is 0 Å². The number of carboxylic acid groups (broad SMARTS) is 1. The molecule has 1 aromatic heterocycles. The van der Waals surface area contributed by atoms with Crippen molar-refractivity contribution in [2.24, 2.45) is 0 Å². The smallest absolute Gasteiger partial charge is 0.335 e. The number of nitrogens with zero attached hydrogens (tertiary/aromatic N) is 1. The minimum atomic E-state index is -0.896. The van der Waals surface area contributed by atoms with Crippen LogP contribution in [0.2, 0.25) is 0 Å². The molecule has 13 heavy (non-hydrogen) atoms. The fourth-order valence-corrected chi connectivity index (χ4v) is 1.11. The zero-order chi connectivity index (χ0) is 10.0. The second-order valence-corrected chi connectivity index (χ2v) is 3.38. The van der Waals surface area contributed by atoms with Crippen LogP contribution in [-0.4, -0.2) is 16.1 Å². The average molecular weight is 179 g/mol. The van der Waals surface area contributed by atoms with Crippen molar-refractivity contribution in [2.75, 3.05) is 0 Å². The first-order valence-electron chi connectivity index (χ1n) is 4.22. The van der Waals surface area contributed by atoms with Gasteiger partial charge in [0.15, 0.2) is 0 Å². The van der Waals surface area contributed by atoms with Crippen molar-refractivity contribution < 1.29 is 9.90 Å². The number of hydrogen-bond donors (Lipinski definition) is 1. The van der Waals surface area contributed by atoms with E-state index < -0.39 is 5.97 Å². The fraction of sp³-hybridized carbons (Fsp3) is 0.400. The van der Waals surface area contributed by atoms with Gasteiger partial charge in [-0.25, -0.2) is 4.79 Å². The molecule has 1 rings (SSSR count). The summed E-state index contributed by atoms with van der Waals surface area (Å²) in [6.45, 7) is 5.79. The molecule has 0 unspecified atom stereocenters. The summed E-state index contributed by atoms with van der Waals surface area (Å²) in [5.41, 5.74) is 1.90. The lowest BCUT2D eigenvalue weighted by Gasteiger charge is -2.06. The lowest BCUT2D eigenvalue weighted by molar-refractivity contribution is 0.0696. The number of hydrogen-bond acceptors (Lipinski definition) is 2. The van der Waals surface area contributed by atoms with Gasteiger partial charge in [0, 0.05) is 11.4 Å². The van der Waals surface area contributed by atoms with Crippen molar-refractivity contribution in [1.82, 2.24) is 4.98 Å². The van der Waals surface area contributed by atoms with E-state index in [-0.39, 0.29) is 5.92 Å². The molecule has 0 amide bonds. The number of aromatic nitrogens is 1. The maximum atomic E-state index is 10.7. The molecule has 3 heteroatoms. The Balaban J connectivity index is 3.19. The lowest BCUT2D eigenvalue weighted by Crippen LogP contribution is -2.02. The predicted molar refractivity (Wildman–Crippen MR) is 50.0 cm³/mol. The van der Waals surface area contributed by atoms with Crippen LogP contribution in [0.1, 0.15) is 41.5 Å². The fourth-order valence-electron chi connectivity index (χ4n) is 1.11. The number of aromatic carboxylic acids is 1. The second-order valence-electron chi connectivity index (χ2n) is 3.38. The van der Waals surface area contributed by atoms with E-state index in [1.165, 1.54) is 0 Å². The first-order valence-corrected chi connectivity index (χ1v) is 4.22. The summed E-state index contributed by atoms with van der Waals surface area (Å²) in [5, 5.41) is 8.79. The third kappa shape index (κ3) is 2.28. The van der Waals surface area contributed by atoms with Crippen molar-refractivity contribution >= 4 is 5.97 Å². The molecule has 1 aromatic rings. The summed E-state index contributed by atoms with van der Waals surface area (Å²) in [5.74, 6) is -0.634. The van der Waals surface area contributed by atoms with Gasteiger partial charge in [0.2, 0.25) is 0 Å². The van der Waals surface area contributed by atoms with Crippen LogP contribution >= 0.6 is 0 Å². The third-order valence-electron chi connectivity index (χ3n) is 1.81. The highest BCUT2D eigenvalue weighted by Gasteiger charge is 2.08. The summed E-state index contributed by atoms with van der Waals surface area (Å²) in [6, 6.07) is 3.20. The van der Waals surface area contributed by atoms with Gasteiger partial charge in [-0.05, 0) is 25.0 Å². The molecule has 70 valence electrons. The van der Waals surface area contributed by atoms with Gasteiger partial charge in [-0.1, -0.05) is 13.8 Å². The molecule has 3 nitrogen and oxygen atoms in total. The SMILES string of the molecule is Cc1cc(C(=O)O)cc(C(C)C)n1. The number of aryl methyl sites for hydroxylation is 1. The Hall–Kier alpha value is -1.38. The Morgan fingerprint density at radius 2 is 2.08 bits per heavy atom. The predicted octanol–water partition coefficient (Wildman–Crippen LogP) is 2.21. The normalized spacial score (nSPS) is 10.5. The van der Waals surface area contributed by atoms with Crippen molar-refractivity contribution in [3.05, 3.63) is 29.1 Å². The zero-order valence-corrected chi connectivity index (χ0v) is 8.03. The molecule has 0 saturated carbocycles. The number of rotatable bonds is 2. The van der Waals surface area contributed by atoms with Crippen molar-refractivity contribution in [3.8, 4) is 0 Å². The molecule has 0 spiro atoms. The second kappa shape index (κ2) is 3.56. The van der Waals surface area contributed by atoms with Crippen LogP contribution in [-0.2, 0) is 0 Å². The summed E-state index contributed by atoms with van der Waals surface area (Å²) in [4.78, 5) is 15.0. The highest BCUT2D eigenvalue weighted by atomic mass is 16.4. The Morgan fingerprint density at radius 3 is 2.54 bits per heavy atom. The Morgan fingerprint density at radius 1 is 1.46 bits per heavy atom. The molecule has 0 aliphatic rings. The number of pyridine rings is 1. The van der Waals surface area contributed by atoms with E-state index in [1.807, 2.05) is 13.8 Å². The summed E-state index contributed by atoms with van der Waals surface area (Å²) >= 11 is 0. The summed E-state index contributed by atoms with van der Waals surface area (Å²) in [6.07, 6.45) is 0. The van der Waals surface area contributed by atoms with Gasteiger partial charge in [0.1, 0.15) is 0 Å². The van der Waals surface area contributed by atoms with Gasteiger partial charge in [-0.15, -0.1) is 0 Å². The molecule has 0 aliphatic carbocycles. The topological polar surface area (TPSA) is 50.2 Å². The Kier molecular flexibility index (Phi) is 2.66. The van der Waals surface area contributed by atoms with Gasteiger partial charge >= 0.3 is 5.97 Å². The quantitative estimate of drug-likeness (QED) is 0.757. The van der Waals surface area contributed by atoms with E-state index in [2.05, 4.69) is 4.98 Å². The molecule has 0 atom stereocenters. The van der Waals surface area contributed by atoms with Crippen LogP contribution in [0.4, 0.5) is 0 Å². The van der Waals surface area contributed by atoms with Crippen molar-refractivity contribution in [3.63, 3.8) is 0 Å². The Labute approximate surface area is 77.4 Å². The summed E-state index contributed by atoms with van der Waals surface area (Å²) in [7, 11) is 0. The zero-order valence-electron chi connectivity index (χ0n) is 8.03. The van der Waals surface area contributed by atoms with Gasteiger partial charge < -0.3 is 5.11 Å². The van der Waals surface area contributed by atoms with Gasteiger partial charge in [0.25, 0.3) is 0 Å². The van der Waals surface area contributed by atoms with Gasteiger partial charge in [-0.2, -0.15) is 0 Å². The average Bonchev–Trinajstić information content (AvgIpc) is 2.03. The van der Waals surface area contributed by atoms with E-state index in [0.717, 1.165) is 11.4 Å². The van der Waals surface area contributed by atoms with Gasteiger partial charge in [0.05, 0.1) is 5.56 Å². The largest absolute Gasteiger partial charge is 0.478 e.